The highest BCUT2D eigenvalue weighted by Crippen LogP contribution is 2.08. The smallest absolute Gasteiger partial charge is 0.0664 e. The topological polar surface area (TPSA) is 49.5 Å². The maximum absolute atomic E-state index is 9.41. The zero-order valence-corrected chi connectivity index (χ0v) is 7.87. The van der Waals surface area contributed by atoms with Gasteiger partial charge in [0.15, 0.2) is 0 Å². The maximum Gasteiger partial charge on any atom is 0.0664 e. The molecular weight excluding hydrogens is 152 g/mol. The molecular formula is C9H20N2O. The standard InChI is InChI=1S/C9H20N2O/c1-2-9(12)7-11-5-3-4-8(10)6-11/h8-9,12H,2-7,10H2,1H3/t8-,9-/m1/s1. The fourth-order valence-corrected chi connectivity index (χ4v) is 1.68. The fraction of sp³-hybridized carbons (Fsp3) is 1.00. The molecule has 0 aliphatic carbocycles. The highest BCUT2D eigenvalue weighted by molar-refractivity contribution is 4.76. The molecule has 1 rings (SSSR count). The predicted molar refractivity (Wildman–Crippen MR) is 49.9 cm³/mol. The van der Waals surface area contributed by atoms with Crippen LogP contribution in [0, 0.1) is 0 Å². The second-order valence-electron chi connectivity index (χ2n) is 3.72. The van der Waals surface area contributed by atoms with E-state index in [2.05, 4.69) is 4.90 Å². The van der Waals surface area contributed by atoms with E-state index >= 15 is 0 Å². The van der Waals surface area contributed by atoms with Crippen molar-refractivity contribution in [3.8, 4) is 0 Å². The van der Waals surface area contributed by atoms with Crippen molar-refractivity contribution in [2.24, 2.45) is 5.73 Å². The Labute approximate surface area is 74.5 Å². The van der Waals surface area contributed by atoms with Gasteiger partial charge < -0.3 is 10.8 Å². The van der Waals surface area contributed by atoms with Gasteiger partial charge in [0.25, 0.3) is 0 Å². The van der Waals surface area contributed by atoms with Crippen molar-refractivity contribution < 1.29 is 5.11 Å². The van der Waals surface area contributed by atoms with Crippen LogP contribution in [0.1, 0.15) is 26.2 Å². The Balaban J connectivity index is 2.22. The summed E-state index contributed by atoms with van der Waals surface area (Å²) in [7, 11) is 0. The number of nitrogens with zero attached hydrogens (tertiary/aromatic N) is 1. The Morgan fingerprint density at radius 1 is 1.67 bits per heavy atom. The van der Waals surface area contributed by atoms with Gasteiger partial charge in [-0.3, -0.25) is 4.90 Å². The van der Waals surface area contributed by atoms with E-state index in [0.29, 0.717) is 6.04 Å². The average Bonchev–Trinajstić information content (AvgIpc) is 2.04. The summed E-state index contributed by atoms with van der Waals surface area (Å²) < 4.78 is 0. The molecule has 0 bridgehead atoms. The zero-order chi connectivity index (χ0) is 8.97. The van der Waals surface area contributed by atoms with Crippen LogP contribution < -0.4 is 5.73 Å². The Kier molecular flexibility index (Phi) is 3.98. The van der Waals surface area contributed by atoms with Crippen LogP contribution in [0.25, 0.3) is 0 Å². The van der Waals surface area contributed by atoms with Crippen LogP contribution in [0.5, 0.6) is 0 Å². The first-order valence-electron chi connectivity index (χ1n) is 4.88. The molecule has 1 saturated heterocycles. The van der Waals surface area contributed by atoms with Gasteiger partial charge in [-0.1, -0.05) is 6.92 Å². The van der Waals surface area contributed by atoms with Crippen molar-refractivity contribution in [3.63, 3.8) is 0 Å². The molecule has 2 atom stereocenters. The normalized spacial score (nSPS) is 28.8. The van der Waals surface area contributed by atoms with Crippen LogP contribution in [-0.4, -0.2) is 41.8 Å². The molecule has 1 aliphatic rings. The number of β-amino-alcohol motifs (C(OH)–C–C–N with tert-alkyl or cyclic N) is 1. The van der Waals surface area contributed by atoms with Gasteiger partial charge in [-0.25, -0.2) is 0 Å². The SMILES string of the molecule is CC[C@@H](O)CN1CCC[C@@H](N)C1. The second-order valence-corrected chi connectivity index (χ2v) is 3.72. The van der Waals surface area contributed by atoms with E-state index in [9.17, 15) is 5.11 Å². The summed E-state index contributed by atoms with van der Waals surface area (Å²) in [6.07, 6.45) is 2.98. The molecule has 0 unspecified atom stereocenters. The molecule has 0 saturated carbocycles. The van der Waals surface area contributed by atoms with E-state index in [1.165, 1.54) is 6.42 Å². The first kappa shape index (κ1) is 9.96. The molecule has 72 valence electrons. The summed E-state index contributed by atoms with van der Waals surface area (Å²) in [5.74, 6) is 0. The van der Waals surface area contributed by atoms with Gasteiger partial charge in [0.1, 0.15) is 0 Å². The maximum atomic E-state index is 9.41. The molecule has 3 heteroatoms. The van der Waals surface area contributed by atoms with Gasteiger partial charge >= 0.3 is 0 Å². The number of likely N-dealkylation sites (tertiary alicyclic amines) is 1. The molecule has 1 aliphatic heterocycles. The molecule has 0 aromatic rings. The monoisotopic (exact) mass is 172 g/mol. The number of aliphatic hydroxyl groups is 1. The molecule has 1 heterocycles. The number of rotatable bonds is 3. The zero-order valence-electron chi connectivity index (χ0n) is 7.87. The molecule has 1 fully saturated rings. The Morgan fingerprint density at radius 2 is 2.42 bits per heavy atom. The minimum absolute atomic E-state index is 0.171. The number of hydrogen-bond donors (Lipinski definition) is 2. The van der Waals surface area contributed by atoms with Crippen molar-refractivity contribution >= 4 is 0 Å². The van der Waals surface area contributed by atoms with Crippen molar-refractivity contribution in [3.05, 3.63) is 0 Å². The van der Waals surface area contributed by atoms with Crippen molar-refractivity contribution in [1.82, 2.24) is 4.90 Å². The van der Waals surface area contributed by atoms with Crippen LogP contribution in [0.3, 0.4) is 0 Å². The van der Waals surface area contributed by atoms with Crippen molar-refractivity contribution in [1.29, 1.82) is 0 Å². The van der Waals surface area contributed by atoms with Gasteiger partial charge in [0.2, 0.25) is 0 Å². The van der Waals surface area contributed by atoms with Gasteiger partial charge in [-0.15, -0.1) is 0 Å². The number of nitrogens with two attached hydrogens (primary N) is 1. The lowest BCUT2D eigenvalue weighted by atomic mass is 10.1. The third kappa shape index (κ3) is 3.09. The lowest BCUT2D eigenvalue weighted by molar-refractivity contribution is 0.0934. The second kappa shape index (κ2) is 4.80. The minimum Gasteiger partial charge on any atom is -0.392 e. The Morgan fingerprint density at radius 3 is 3.00 bits per heavy atom. The highest BCUT2D eigenvalue weighted by Gasteiger charge is 2.17. The van der Waals surface area contributed by atoms with Gasteiger partial charge in [-0.2, -0.15) is 0 Å². The fourth-order valence-electron chi connectivity index (χ4n) is 1.68. The van der Waals surface area contributed by atoms with Crippen LogP contribution in [-0.2, 0) is 0 Å². The van der Waals surface area contributed by atoms with Crippen LogP contribution in [0.15, 0.2) is 0 Å². The van der Waals surface area contributed by atoms with E-state index in [-0.39, 0.29) is 6.10 Å². The lowest BCUT2D eigenvalue weighted by Gasteiger charge is -2.31. The molecule has 0 radical (unpaired) electrons. The summed E-state index contributed by atoms with van der Waals surface area (Å²) in [5, 5.41) is 9.41. The first-order valence-corrected chi connectivity index (χ1v) is 4.88. The van der Waals surface area contributed by atoms with Gasteiger partial charge in [0.05, 0.1) is 6.10 Å². The molecule has 3 nitrogen and oxygen atoms in total. The van der Waals surface area contributed by atoms with E-state index < -0.39 is 0 Å². The molecule has 0 spiro atoms. The van der Waals surface area contributed by atoms with E-state index in [1.807, 2.05) is 6.92 Å². The van der Waals surface area contributed by atoms with Crippen LogP contribution in [0.2, 0.25) is 0 Å². The molecule has 0 aromatic carbocycles. The number of aliphatic hydroxyl groups excluding tert-OH is 1. The van der Waals surface area contributed by atoms with E-state index in [0.717, 1.165) is 32.5 Å². The summed E-state index contributed by atoms with van der Waals surface area (Å²) in [6.45, 7) is 4.86. The Bertz CT molecular complexity index is 130. The van der Waals surface area contributed by atoms with Crippen LogP contribution in [0.4, 0.5) is 0 Å². The molecule has 0 aromatic heterocycles. The predicted octanol–water partition coefficient (Wildman–Crippen LogP) is 0.180. The summed E-state index contributed by atoms with van der Waals surface area (Å²) >= 11 is 0. The van der Waals surface area contributed by atoms with Gasteiger partial charge in [-0.05, 0) is 25.8 Å². The summed E-state index contributed by atoms with van der Waals surface area (Å²) in [4.78, 5) is 2.27. The number of piperidine rings is 1. The molecule has 0 amide bonds. The Hall–Kier alpha value is -0.120. The van der Waals surface area contributed by atoms with Crippen molar-refractivity contribution in [2.75, 3.05) is 19.6 Å². The minimum atomic E-state index is -0.171. The summed E-state index contributed by atoms with van der Waals surface area (Å²) in [6, 6.07) is 0.322. The average molecular weight is 172 g/mol. The molecule has 3 N–H and O–H groups in total. The third-order valence-corrected chi connectivity index (χ3v) is 2.48. The molecule has 12 heavy (non-hydrogen) atoms. The third-order valence-electron chi connectivity index (χ3n) is 2.48. The van der Waals surface area contributed by atoms with Crippen LogP contribution >= 0.6 is 0 Å². The highest BCUT2D eigenvalue weighted by atomic mass is 16.3. The largest absolute Gasteiger partial charge is 0.392 e. The number of hydrogen-bond acceptors (Lipinski definition) is 3. The van der Waals surface area contributed by atoms with Crippen molar-refractivity contribution in [2.45, 2.75) is 38.3 Å². The van der Waals surface area contributed by atoms with E-state index in [1.54, 1.807) is 0 Å². The first-order chi connectivity index (χ1) is 5.72. The lowest BCUT2D eigenvalue weighted by Crippen LogP contribution is -2.45. The quantitative estimate of drug-likeness (QED) is 0.638. The summed E-state index contributed by atoms with van der Waals surface area (Å²) in [5.41, 5.74) is 5.82. The van der Waals surface area contributed by atoms with Gasteiger partial charge in [0, 0.05) is 19.1 Å². The van der Waals surface area contributed by atoms with E-state index in [4.69, 9.17) is 5.73 Å².